The summed E-state index contributed by atoms with van der Waals surface area (Å²) in [5.41, 5.74) is 0. The van der Waals surface area contributed by atoms with Crippen molar-refractivity contribution in [1.29, 1.82) is 0 Å². The van der Waals surface area contributed by atoms with Crippen LogP contribution in [0.2, 0.25) is 0 Å². The van der Waals surface area contributed by atoms with Gasteiger partial charge in [0.1, 0.15) is 16.7 Å². The fraction of sp³-hybridized carbons (Fsp3) is 0.500. The summed E-state index contributed by atoms with van der Waals surface area (Å²) in [6.45, 7) is 2.47. The Kier molecular flexibility index (Phi) is 5.71. The quantitative estimate of drug-likeness (QED) is 0.745. The summed E-state index contributed by atoms with van der Waals surface area (Å²) >= 11 is 0. The number of aromatic nitrogens is 2. The first-order valence-electron chi connectivity index (χ1n) is 9.91. The molecule has 8 nitrogen and oxygen atoms in total. The van der Waals surface area contributed by atoms with Gasteiger partial charge in [0.2, 0.25) is 16.0 Å². The molecule has 2 aromatic rings. The van der Waals surface area contributed by atoms with Gasteiger partial charge in [-0.25, -0.2) is 18.4 Å². The summed E-state index contributed by atoms with van der Waals surface area (Å²) in [5.74, 6) is 1.12. The van der Waals surface area contributed by atoms with E-state index in [9.17, 15) is 8.42 Å². The molecular formula is C20H27N5O3S. The van der Waals surface area contributed by atoms with E-state index in [4.69, 9.17) is 4.74 Å². The molecule has 0 aliphatic carbocycles. The Morgan fingerprint density at radius 1 is 1.10 bits per heavy atom. The van der Waals surface area contributed by atoms with Crippen LogP contribution in [-0.2, 0) is 10.0 Å². The summed E-state index contributed by atoms with van der Waals surface area (Å²) in [6.07, 6.45) is 4.59. The third-order valence-electron chi connectivity index (χ3n) is 5.49. The first-order valence-corrected chi connectivity index (χ1v) is 11.3. The zero-order valence-corrected chi connectivity index (χ0v) is 17.6. The highest BCUT2D eigenvalue weighted by atomic mass is 32.2. The highest BCUT2D eigenvalue weighted by molar-refractivity contribution is 7.89. The van der Waals surface area contributed by atoms with Crippen LogP contribution in [0.1, 0.15) is 12.8 Å². The Balaban J connectivity index is 1.69. The maximum absolute atomic E-state index is 13.5. The van der Waals surface area contributed by atoms with Gasteiger partial charge < -0.3 is 14.5 Å². The van der Waals surface area contributed by atoms with Crippen LogP contribution < -0.4 is 9.64 Å². The van der Waals surface area contributed by atoms with Crippen molar-refractivity contribution in [2.75, 3.05) is 45.2 Å². The number of para-hydroxylation sites is 1. The number of nitrogens with zero attached hydrogens (tertiary/aromatic N) is 5. The summed E-state index contributed by atoms with van der Waals surface area (Å²) < 4.78 is 35.0. The third-order valence-corrected chi connectivity index (χ3v) is 7.46. The minimum Gasteiger partial charge on any atom is -0.487 e. The zero-order chi connectivity index (χ0) is 20.4. The average Bonchev–Trinajstić information content (AvgIpc) is 2.96. The molecule has 1 fully saturated rings. The minimum atomic E-state index is -3.65. The number of rotatable bonds is 4. The molecule has 1 saturated heterocycles. The lowest BCUT2D eigenvalue weighted by molar-refractivity contribution is 0.110. The van der Waals surface area contributed by atoms with Gasteiger partial charge in [-0.3, -0.25) is 0 Å². The normalized spacial score (nSPS) is 24.2. The van der Waals surface area contributed by atoms with E-state index in [0.717, 1.165) is 6.54 Å². The molecule has 156 valence electrons. The Morgan fingerprint density at radius 3 is 2.59 bits per heavy atom. The van der Waals surface area contributed by atoms with Crippen LogP contribution in [0, 0.1) is 0 Å². The number of likely N-dealkylation sites (N-methyl/N-ethyl adjacent to an activating group) is 1. The SMILES string of the molecule is CN(C)CCN1[C@@H]2CCN(c3ncccn3)CC[C@H]2Oc2ccccc2S1(=O)=O. The Morgan fingerprint density at radius 2 is 1.83 bits per heavy atom. The Bertz CT molecular complexity index is 938. The third kappa shape index (κ3) is 4.08. The fourth-order valence-electron chi connectivity index (χ4n) is 4.00. The lowest BCUT2D eigenvalue weighted by Gasteiger charge is -2.32. The van der Waals surface area contributed by atoms with Gasteiger partial charge in [0.05, 0.1) is 6.04 Å². The van der Waals surface area contributed by atoms with Gasteiger partial charge >= 0.3 is 0 Å². The van der Waals surface area contributed by atoms with E-state index in [1.165, 1.54) is 0 Å². The Labute approximate surface area is 172 Å². The van der Waals surface area contributed by atoms with Crippen molar-refractivity contribution in [3.05, 3.63) is 42.7 Å². The van der Waals surface area contributed by atoms with Crippen molar-refractivity contribution >= 4 is 16.0 Å². The van der Waals surface area contributed by atoms with Gasteiger partial charge in [-0.05, 0) is 38.7 Å². The molecule has 0 unspecified atom stereocenters. The molecule has 0 saturated carbocycles. The molecule has 0 N–H and O–H groups in total. The molecule has 1 aromatic carbocycles. The number of fused-ring (bicyclic) bond motifs is 2. The number of sulfonamides is 1. The van der Waals surface area contributed by atoms with E-state index in [1.807, 2.05) is 25.1 Å². The standard InChI is InChI=1S/C20H27N5O3S/c1-23(2)14-15-25-16-8-12-24(20-21-10-5-11-22-20)13-9-17(16)28-18-6-3-4-7-19(18)29(25,26)27/h3-7,10-11,16-17H,8-9,12-15H2,1-2H3/t16-,17-/m1/s1. The van der Waals surface area contributed by atoms with Crippen LogP contribution in [0.15, 0.2) is 47.6 Å². The second kappa shape index (κ2) is 8.25. The predicted octanol–water partition coefficient (Wildman–Crippen LogP) is 1.46. The van der Waals surface area contributed by atoms with Crippen molar-refractivity contribution in [1.82, 2.24) is 19.2 Å². The van der Waals surface area contributed by atoms with Crippen molar-refractivity contribution in [2.45, 2.75) is 29.9 Å². The van der Waals surface area contributed by atoms with Crippen molar-refractivity contribution in [3.63, 3.8) is 0 Å². The van der Waals surface area contributed by atoms with Gasteiger partial charge in [-0.15, -0.1) is 0 Å². The van der Waals surface area contributed by atoms with Gasteiger partial charge in [-0.1, -0.05) is 12.1 Å². The molecule has 2 atom stereocenters. The molecule has 0 amide bonds. The van der Waals surface area contributed by atoms with E-state index in [0.29, 0.717) is 44.2 Å². The van der Waals surface area contributed by atoms with Gasteiger partial charge in [0.25, 0.3) is 0 Å². The first kappa shape index (κ1) is 20.1. The second-order valence-corrected chi connectivity index (χ2v) is 9.56. The lowest BCUT2D eigenvalue weighted by atomic mass is 10.1. The van der Waals surface area contributed by atoms with E-state index in [1.54, 1.807) is 41.0 Å². The number of ether oxygens (including phenoxy) is 1. The molecule has 2 aliphatic heterocycles. The molecule has 0 radical (unpaired) electrons. The van der Waals surface area contributed by atoms with Gasteiger partial charge in [-0.2, -0.15) is 4.31 Å². The van der Waals surface area contributed by atoms with Crippen molar-refractivity contribution in [3.8, 4) is 5.75 Å². The van der Waals surface area contributed by atoms with Gasteiger partial charge in [0.15, 0.2) is 0 Å². The molecule has 1 aromatic heterocycles. The zero-order valence-electron chi connectivity index (χ0n) is 16.8. The fourth-order valence-corrected chi connectivity index (χ4v) is 5.79. The molecule has 9 heteroatoms. The van der Waals surface area contributed by atoms with Crippen LogP contribution in [-0.4, -0.2) is 80.0 Å². The highest BCUT2D eigenvalue weighted by Gasteiger charge is 2.43. The number of hydrogen-bond donors (Lipinski definition) is 0. The summed E-state index contributed by atoms with van der Waals surface area (Å²) in [6, 6.07) is 8.52. The first-order chi connectivity index (χ1) is 14.0. The molecule has 2 aliphatic rings. The van der Waals surface area contributed by atoms with E-state index < -0.39 is 10.0 Å². The summed E-state index contributed by atoms with van der Waals surface area (Å²) in [7, 11) is 0.253. The van der Waals surface area contributed by atoms with Crippen LogP contribution in [0.25, 0.3) is 0 Å². The topological polar surface area (TPSA) is 78.9 Å². The molecular weight excluding hydrogens is 390 g/mol. The predicted molar refractivity (Wildman–Crippen MR) is 111 cm³/mol. The van der Waals surface area contributed by atoms with E-state index >= 15 is 0 Å². The van der Waals surface area contributed by atoms with Crippen molar-refractivity contribution in [2.24, 2.45) is 0 Å². The summed E-state index contributed by atoms with van der Waals surface area (Å²) in [5, 5.41) is 0. The molecule has 29 heavy (non-hydrogen) atoms. The van der Waals surface area contributed by atoms with Crippen LogP contribution in [0.5, 0.6) is 5.75 Å². The van der Waals surface area contributed by atoms with Crippen LogP contribution in [0.3, 0.4) is 0 Å². The van der Waals surface area contributed by atoms with Crippen LogP contribution in [0.4, 0.5) is 5.95 Å². The van der Waals surface area contributed by atoms with Crippen molar-refractivity contribution < 1.29 is 13.2 Å². The smallest absolute Gasteiger partial charge is 0.247 e. The number of benzene rings is 1. The Hall–Kier alpha value is -2.23. The highest BCUT2D eigenvalue weighted by Crippen LogP contribution is 2.36. The van der Waals surface area contributed by atoms with E-state index in [2.05, 4.69) is 14.9 Å². The van der Waals surface area contributed by atoms with Crippen LogP contribution >= 0.6 is 0 Å². The number of anilines is 1. The minimum absolute atomic E-state index is 0.218. The molecule has 0 bridgehead atoms. The largest absolute Gasteiger partial charge is 0.487 e. The monoisotopic (exact) mass is 417 g/mol. The molecule has 4 rings (SSSR count). The van der Waals surface area contributed by atoms with E-state index in [-0.39, 0.29) is 17.0 Å². The van der Waals surface area contributed by atoms with Gasteiger partial charge in [0, 0.05) is 45.0 Å². The number of hydrogen-bond acceptors (Lipinski definition) is 7. The maximum Gasteiger partial charge on any atom is 0.247 e. The second-order valence-electron chi connectivity index (χ2n) is 7.70. The molecule has 3 heterocycles. The molecule has 0 spiro atoms. The average molecular weight is 418 g/mol. The lowest BCUT2D eigenvalue weighted by Crippen LogP contribution is -2.49. The maximum atomic E-state index is 13.5. The summed E-state index contributed by atoms with van der Waals surface area (Å²) in [4.78, 5) is 13.1.